The Morgan fingerprint density at radius 1 is 1.31 bits per heavy atom. The molecule has 13 heavy (non-hydrogen) atoms. The number of nitrogens with one attached hydrogen (secondary N) is 1. The lowest BCUT2D eigenvalue weighted by Crippen LogP contribution is -2.35. The molecule has 3 heteroatoms. The lowest BCUT2D eigenvalue weighted by atomic mass is 9.79. The highest BCUT2D eigenvalue weighted by Gasteiger charge is 2.32. The summed E-state index contributed by atoms with van der Waals surface area (Å²) in [4.78, 5) is 10.8. The fraction of sp³-hybridized carbons (Fsp3) is 0.900. The van der Waals surface area contributed by atoms with Gasteiger partial charge in [0.15, 0.2) is 0 Å². The molecule has 1 aliphatic carbocycles. The molecule has 0 aromatic heterocycles. The van der Waals surface area contributed by atoms with E-state index in [4.69, 9.17) is 4.74 Å². The van der Waals surface area contributed by atoms with Gasteiger partial charge in [-0.3, -0.25) is 0 Å². The molecule has 1 atom stereocenters. The molecule has 1 unspecified atom stereocenters. The van der Waals surface area contributed by atoms with Crippen LogP contribution in [-0.2, 0) is 4.74 Å². The van der Waals surface area contributed by atoms with Gasteiger partial charge in [-0.2, -0.15) is 0 Å². The Kier molecular flexibility index (Phi) is 2.42. The molecular weight excluding hydrogens is 166 g/mol. The zero-order chi connectivity index (χ0) is 9.26. The van der Waals surface area contributed by atoms with Crippen LogP contribution < -0.4 is 5.32 Å². The Hall–Kier alpha value is -0.730. The molecule has 1 heterocycles. The minimum absolute atomic E-state index is 0.233. The fourth-order valence-corrected chi connectivity index (χ4v) is 2.34. The minimum atomic E-state index is -0.233. The summed E-state index contributed by atoms with van der Waals surface area (Å²) in [6.07, 6.45) is 4.86. The van der Waals surface area contributed by atoms with Crippen molar-refractivity contribution >= 4 is 6.09 Å². The highest BCUT2D eigenvalue weighted by atomic mass is 16.6. The van der Waals surface area contributed by atoms with Crippen LogP contribution in [0.2, 0.25) is 0 Å². The second kappa shape index (κ2) is 3.56. The number of carbonyl (C=O) groups is 1. The smallest absolute Gasteiger partial charge is 0.407 e. The topological polar surface area (TPSA) is 38.3 Å². The molecule has 1 saturated heterocycles. The molecular formula is C10H17NO2. The molecule has 1 N–H and O–H groups in total. The van der Waals surface area contributed by atoms with Crippen LogP contribution in [0, 0.1) is 11.8 Å². The van der Waals surface area contributed by atoms with Gasteiger partial charge in [0.05, 0.1) is 6.04 Å². The number of hydrogen-bond donors (Lipinski definition) is 1. The maximum atomic E-state index is 10.8. The summed E-state index contributed by atoms with van der Waals surface area (Å²) in [6, 6.07) is 0.292. The molecule has 0 bridgehead atoms. The van der Waals surface area contributed by atoms with Crippen LogP contribution in [0.25, 0.3) is 0 Å². The van der Waals surface area contributed by atoms with Gasteiger partial charge in [0.1, 0.15) is 6.61 Å². The third-order valence-electron chi connectivity index (χ3n) is 3.33. The van der Waals surface area contributed by atoms with E-state index in [-0.39, 0.29) is 6.09 Å². The first-order valence-electron chi connectivity index (χ1n) is 5.19. The van der Waals surface area contributed by atoms with Gasteiger partial charge in [0.25, 0.3) is 0 Å². The average Bonchev–Trinajstić information content (AvgIpc) is 2.53. The third-order valence-corrected chi connectivity index (χ3v) is 3.33. The summed E-state index contributed by atoms with van der Waals surface area (Å²) < 4.78 is 4.90. The Bertz CT molecular complexity index is 197. The van der Waals surface area contributed by atoms with Crippen LogP contribution >= 0.6 is 0 Å². The molecule has 2 fully saturated rings. The summed E-state index contributed by atoms with van der Waals surface area (Å²) in [5.74, 6) is 1.52. The molecule has 0 aromatic rings. The van der Waals surface area contributed by atoms with Gasteiger partial charge in [-0.25, -0.2) is 4.79 Å². The Morgan fingerprint density at radius 3 is 2.54 bits per heavy atom. The first kappa shape index (κ1) is 8.85. The van der Waals surface area contributed by atoms with Gasteiger partial charge >= 0.3 is 6.09 Å². The van der Waals surface area contributed by atoms with E-state index in [1.165, 1.54) is 25.7 Å². The number of cyclic esters (lactones) is 1. The van der Waals surface area contributed by atoms with Crippen LogP contribution in [0.3, 0.4) is 0 Å². The van der Waals surface area contributed by atoms with E-state index < -0.39 is 0 Å². The van der Waals surface area contributed by atoms with Crippen molar-refractivity contribution in [1.29, 1.82) is 0 Å². The monoisotopic (exact) mass is 183 g/mol. The number of rotatable bonds is 1. The SMILES string of the molecule is CC1CCC(C2COC(=O)N2)CC1. The first-order valence-corrected chi connectivity index (χ1v) is 5.19. The Balaban J connectivity index is 1.84. The predicted octanol–water partition coefficient (Wildman–Crippen LogP) is 1.92. The summed E-state index contributed by atoms with van der Waals surface area (Å²) >= 11 is 0. The molecule has 1 amide bonds. The molecule has 0 aromatic carbocycles. The molecule has 2 aliphatic rings. The molecule has 0 spiro atoms. The normalized spacial score (nSPS) is 39.8. The summed E-state index contributed by atoms with van der Waals surface area (Å²) in [7, 11) is 0. The minimum Gasteiger partial charge on any atom is -0.447 e. The predicted molar refractivity (Wildman–Crippen MR) is 49.4 cm³/mol. The average molecular weight is 183 g/mol. The van der Waals surface area contributed by atoms with Crippen molar-refractivity contribution in [2.75, 3.05) is 6.61 Å². The standard InChI is InChI=1S/C10H17NO2/c1-7-2-4-8(5-3-7)9-6-13-10(12)11-9/h7-9H,2-6H2,1H3,(H,11,12). The number of amides is 1. The van der Waals surface area contributed by atoms with Gasteiger partial charge in [0, 0.05) is 0 Å². The number of carbonyl (C=O) groups excluding carboxylic acids is 1. The van der Waals surface area contributed by atoms with E-state index in [1.807, 2.05) is 0 Å². The van der Waals surface area contributed by atoms with Crippen molar-refractivity contribution in [3.63, 3.8) is 0 Å². The van der Waals surface area contributed by atoms with Crippen molar-refractivity contribution in [3.05, 3.63) is 0 Å². The van der Waals surface area contributed by atoms with Crippen LogP contribution in [0.15, 0.2) is 0 Å². The fourth-order valence-electron chi connectivity index (χ4n) is 2.34. The van der Waals surface area contributed by atoms with Crippen LogP contribution in [0.4, 0.5) is 4.79 Å². The van der Waals surface area contributed by atoms with Crippen LogP contribution in [0.1, 0.15) is 32.6 Å². The van der Waals surface area contributed by atoms with Gasteiger partial charge in [-0.05, 0) is 24.7 Å². The van der Waals surface area contributed by atoms with Crippen molar-refractivity contribution < 1.29 is 9.53 Å². The second-order valence-corrected chi connectivity index (χ2v) is 4.37. The highest BCUT2D eigenvalue weighted by molar-refractivity contribution is 5.69. The van der Waals surface area contributed by atoms with Crippen molar-refractivity contribution in [2.24, 2.45) is 11.8 Å². The largest absolute Gasteiger partial charge is 0.447 e. The zero-order valence-corrected chi connectivity index (χ0v) is 8.08. The number of alkyl carbamates (subject to hydrolysis) is 1. The van der Waals surface area contributed by atoms with Gasteiger partial charge < -0.3 is 10.1 Å². The lowest BCUT2D eigenvalue weighted by Gasteiger charge is -2.29. The van der Waals surface area contributed by atoms with E-state index >= 15 is 0 Å². The molecule has 0 radical (unpaired) electrons. The summed E-state index contributed by atoms with van der Waals surface area (Å²) in [5.41, 5.74) is 0. The molecule has 2 rings (SSSR count). The number of hydrogen-bond acceptors (Lipinski definition) is 2. The Morgan fingerprint density at radius 2 is 2.00 bits per heavy atom. The molecule has 1 saturated carbocycles. The zero-order valence-electron chi connectivity index (χ0n) is 8.08. The summed E-state index contributed by atoms with van der Waals surface area (Å²) in [5, 5.41) is 2.88. The van der Waals surface area contributed by atoms with Gasteiger partial charge in [0.2, 0.25) is 0 Å². The van der Waals surface area contributed by atoms with Gasteiger partial charge in [-0.1, -0.05) is 19.8 Å². The van der Waals surface area contributed by atoms with Crippen molar-refractivity contribution in [3.8, 4) is 0 Å². The number of ether oxygens (including phenoxy) is 1. The van der Waals surface area contributed by atoms with Gasteiger partial charge in [-0.15, -0.1) is 0 Å². The first-order chi connectivity index (χ1) is 6.25. The van der Waals surface area contributed by atoms with Crippen molar-refractivity contribution in [2.45, 2.75) is 38.6 Å². The second-order valence-electron chi connectivity index (χ2n) is 4.37. The van der Waals surface area contributed by atoms with E-state index in [1.54, 1.807) is 0 Å². The maximum absolute atomic E-state index is 10.8. The molecule has 74 valence electrons. The summed E-state index contributed by atoms with van der Waals surface area (Å²) in [6.45, 7) is 2.89. The lowest BCUT2D eigenvalue weighted by molar-refractivity contribution is 0.171. The van der Waals surface area contributed by atoms with Crippen molar-refractivity contribution in [1.82, 2.24) is 5.32 Å². The van der Waals surface area contributed by atoms with E-state index in [0.29, 0.717) is 18.6 Å². The Labute approximate surface area is 78.8 Å². The molecule has 3 nitrogen and oxygen atoms in total. The maximum Gasteiger partial charge on any atom is 0.407 e. The van der Waals surface area contributed by atoms with E-state index in [9.17, 15) is 4.79 Å². The highest BCUT2D eigenvalue weighted by Crippen LogP contribution is 2.31. The molecule has 1 aliphatic heterocycles. The quantitative estimate of drug-likeness (QED) is 0.674. The van der Waals surface area contributed by atoms with Crippen LogP contribution in [-0.4, -0.2) is 18.7 Å². The van der Waals surface area contributed by atoms with E-state index in [0.717, 1.165) is 5.92 Å². The van der Waals surface area contributed by atoms with E-state index in [2.05, 4.69) is 12.2 Å². The van der Waals surface area contributed by atoms with Crippen LogP contribution in [0.5, 0.6) is 0 Å². The third kappa shape index (κ3) is 1.95.